The van der Waals surface area contributed by atoms with Crippen molar-refractivity contribution in [3.05, 3.63) is 74.8 Å². The Kier molecular flexibility index (Phi) is 5.42. The van der Waals surface area contributed by atoms with Gasteiger partial charge in [0.05, 0.1) is 17.6 Å². The van der Waals surface area contributed by atoms with Crippen molar-refractivity contribution >= 4 is 35.0 Å². The zero-order valence-electron chi connectivity index (χ0n) is 18.2. The molecule has 1 fully saturated rings. The van der Waals surface area contributed by atoms with E-state index in [0.717, 1.165) is 36.4 Å². The van der Waals surface area contributed by atoms with E-state index in [0.29, 0.717) is 30.8 Å². The molecule has 8 nitrogen and oxygen atoms in total. The van der Waals surface area contributed by atoms with Gasteiger partial charge in [-0.2, -0.15) is 0 Å². The zero-order chi connectivity index (χ0) is 21.8. The van der Waals surface area contributed by atoms with Crippen LogP contribution >= 0.6 is 12.4 Å². The Bertz CT molecular complexity index is 1410. The number of rotatable bonds is 2. The average molecular weight is 466 g/mol. The first-order valence-electron chi connectivity index (χ1n) is 11.0. The van der Waals surface area contributed by atoms with Crippen LogP contribution in [-0.2, 0) is 17.8 Å². The van der Waals surface area contributed by atoms with Crippen LogP contribution in [0.1, 0.15) is 51.6 Å². The van der Waals surface area contributed by atoms with Crippen LogP contribution in [0.3, 0.4) is 0 Å². The lowest BCUT2D eigenvalue weighted by molar-refractivity contribution is 0.0750. The van der Waals surface area contributed by atoms with Crippen molar-refractivity contribution in [1.29, 1.82) is 0 Å². The molecule has 4 aromatic rings. The van der Waals surface area contributed by atoms with Gasteiger partial charge in [-0.25, -0.2) is 0 Å². The molecule has 1 N–H and O–H groups in total. The van der Waals surface area contributed by atoms with Crippen molar-refractivity contribution in [3.63, 3.8) is 0 Å². The van der Waals surface area contributed by atoms with E-state index < -0.39 is 0 Å². The summed E-state index contributed by atoms with van der Waals surface area (Å²) in [6.45, 7) is 4.44. The molecule has 1 saturated heterocycles. The van der Waals surface area contributed by atoms with Gasteiger partial charge in [0.25, 0.3) is 11.5 Å². The Labute approximate surface area is 196 Å². The number of benzene rings is 2. The van der Waals surface area contributed by atoms with Gasteiger partial charge in [0.2, 0.25) is 5.65 Å². The molecular formula is C24H24ClN5O3. The molecule has 2 aliphatic heterocycles. The molecule has 170 valence electrons. The second-order valence-electron chi connectivity index (χ2n) is 8.70. The highest BCUT2D eigenvalue weighted by atomic mass is 35.5. The average Bonchev–Trinajstić information content (AvgIpc) is 3.45. The number of hydrogen-bond donors (Lipinski definition) is 1. The number of nitrogens with one attached hydrogen (secondary N) is 1. The Morgan fingerprint density at radius 1 is 1.15 bits per heavy atom. The van der Waals surface area contributed by atoms with Crippen LogP contribution in [0.4, 0.5) is 0 Å². The molecule has 4 heterocycles. The number of halogens is 1. The van der Waals surface area contributed by atoms with Gasteiger partial charge in [0, 0.05) is 31.2 Å². The minimum absolute atomic E-state index is 0. The highest BCUT2D eigenvalue weighted by Crippen LogP contribution is 2.29. The van der Waals surface area contributed by atoms with Gasteiger partial charge < -0.3 is 14.6 Å². The van der Waals surface area contributed by atoms with Gasteiger partial charge in [-0.1, -0.05) is 24.3 Å². The number of nitrogens with zero attached hydrogens (tertiary/aromatic N) is 4. The van der Waals surface area contributed by atoms with E-state index in [9.17, 15) is 9.59 Å². The van der Waals surface area contributed by atoms with Crippen molar-refractivity contribution in [1.82, 2.24) is 24.5 Å². The van der Waals surface area contributed by atoms with E-state index in [1.807, 2.05) is 34.4 Å². The van der Waals surface area contributed by atoms with Gasteiger partial charge in [-0.15, -0.1) is 22.6 Å². The number of aromatic amines is 1. The van der Waals surface area contributed by atoms with Crippen LogP contribution < -0.4 is 5.56 Å². The molecular weight excluding hydrogens is 442 g/mol. The highest BCUT2D eigenvalue weighted by Gasteiger charge is 2.27. The number of fused-ring (bicyclic) bond motifs is 4. The molecule has 33 heavy (non-hydrogen) atoms. The number of amides is 1. The predicted molar refractivity (Wildman–Crippen MR) is 126 cm³/mol. The van der Waals surface area contributed by atoms with Crippen LogP contribution in [0.15, 0.2) is 41.2 Å². The molecule has 6 rings (SSSR count). The van der Waals surface area contributed by atoms with E-state index >= 15 is 0 Å². The van der Waals surface area contributed by atoms with E-state index in [-0.39, 0.29) is 35.4 Å². The van der Waals surface area contributed by atoms with E-state index in [4.69, 9.17) is 4.74 Å². The molecule has 2 aliphatic rings. The standard InChI is InChI=1S/C24H23N5O3.ClH/c1-14-9-20-19(10-18(14)24(31)28-11-15-5-2-3-6-16(15)12-28)25-23(30)22-27-26-21(29(20)22)17-7-4-8-32-13-17;/h2-3,5-6,9-10,17H,4,7-8,11-13H2,1H3,(H,25,30);1H. The Balaban J connectivity index is 0.00000228. The van der Waals surface area contributed by atoms with Crippen molar-refractivity contribution in [3.8, 4) is 0 Å². The van der Waals surface area contributed by atoms with Gasteiger partial charge in [-0.3, -0.25) is 14.0 Å². The number of hydrogen-bond acceptors (Lipinski definition) is 5. The quantitative estimate of drug-likeness (QED) is 0.490. The van der Waals surface area contributed by atoms with Gasteiger partial charge in [-0.05, 0) is 48.6 Å². The maximum Gasteiger partial charge on any atom is 0.294 e. The second kappa shape index (κ2) is 8.28. The molecule has 0 spiro atoms. The molecule has 9 heteroatoms. The first kappa shape index (κ1) is 21.6. The fourth-order valence-corrected chi connectivity index (χ4v) is 4.92. The third-order valence-corrected chi connectivity index (χ3v) is 6.61. The Morgan fingerprint density at radius 2 is 1.91 bits per heavy atom. The smallest absolute Gasteiger partial charge is 0.294 e. The monoisotopic (exact) mass is 465 g/mol. The molecule has 0 bridgehead atoms. The molecule has 0 aliphatic carbocycles. The summed E-state index contributed by atoms with van der Waals surface area (Å²) in [6.07, 6.45) is 1.90. The maximum absolute atomic E-state index is 13.4. The van der Waals surface area contributed by atoms with Crippen LogP contribution in [0, 0.1) is 6.92 Å². The first-order valence-corrected chi connectivity index (χ1v) is 11.0. The first-order chi connectivity index (χ1) is 15.6. The van der Waals surface area contributed by atoms with Gasteiger partial charge >= 0.3 is 0 Å². The van der Waals surface area contributed by atoms with Gasteiger partial charge in [0.15, 0.2) is 0 Å². The number of ether oxygens (including phenoxy) is 1. The summed E-state index contributed by atoms with van der Waals surface area (Å²) in [5, 5.41) is 8.50. The fraction of sp³-hybridized carbons (Fsp3) is 0.333. The number of aromatic nitrogens is 4. The summed E-state index contributed by atoms with van der Waals surface area (Å²) in [6, 6.07) is 11.9. The molecule has 1 amide bonds. The lowest BCUT2D eigenvalue weighted by Gasteiger charge is -2.21. The lowest BCUT2D eigenvalue weighted by Crippen LogP contribution is -2.26. The van der Waals surface area contributed by atoms with Crippen molar-refractivity contribution in [2.75, 3.05) is 13.2 Å². The molecule has 0 saturated carbocycles. The molecule has 2 aromatic carbocycles. The van der Waals surface area contributed by atoms with E-state index in [2.05, 4.69) is 27.3 Å². The number of aryl methyl sites for hydroxylation is 1. The molecule has 1 unspecified atom stereocenters. The van der Waals surface area contributed by atoms with Crippen molar-refractivity contribution < 1.29 is 9.53 Å². The molecule has 0 radical (unpaired) electrons. The minimum atomic E-state index is -0.316. The summed E-state index contributed by atoms with van der Waals surface area (Å²) >= 11 is 0. The summed E-state index contributed by atoms with van der Waals surface area (Å²) in [5.41, 5.74) is 5.16. The Morgan fingerprint density at radius 3 is 2.61 bits per heavy atom. The zero-order valence-corrected chi connectivity index (χ0v) is 19.0. The van der Waals surface area contributed by atoms with Crippen LogP contribution in [0.2, 0.25) is 0 Å². The van der Waals surface area contributed by atoms with E-state index in [1.165, 1.54) is 11.1 Å². The summed E-state index contributed by atoms with van der Waals surface area (Å²) < 4.78 is 7.47. The molecule has 2 aromatic heterocycles. The second-order valence-corrected chi connectivity index (χ2v) is 8.70. The summed E-state index contributed by atoms with van der Waals surface area (Å²) in [5.74, 6) is 0.795. The SMILES string of the molecule is Cc1cc2c(cc1C(=O)N1Cc3ccccc3C1)[nH]c(=O)c1nnc(C3CCCOC3)n12.Cl. The maximum atomic E-state index is 13.4. The van der Waals surface area contributed by atoms with Crippen LogP contribution in [-0.4, -0.2) is 43.6 Å². The van der Waals surface area contributed by atoms with E-state index in [1.54, 1.807) is 6.07 Å². The highest BCUT2D eigenvalue weighted by molar-refractivity contribution is 5.99. The third kappa shape index (κ3) is 3.50. The van der Waals surface area contributed by atoms with Crippen molar-refractivity contribution in [2.45, 2.75) is 38.8 Å². The lowest BCUT2D eigenvalue weighted by atomic mass is 10.0. The fourth-order valence-electron chi connectivity index (χ4n) is 4.92. The third-order valence-electron chi connectivity index (χ3n) is 6.61. The summed E-state index contributed by atoms with van der Waals surface area (Å²) in [4.78, 5) is 30.9. The van der Waals surface area contributed by atoms with Crippen LogP contribution in [0.25, 0.3) is 16.7 Å². The number of carbonyl (C=O) groups excluding carboxylic acids is 1. The Hall–Kier alpha value is -3.23. The van der Waals surface area contributed by atoms with Crippen LogP contribution in [0.5, 0.6) is 0 Å². The topological polar surface area (TPSA) is 92.6 Å². The number of H-pyrrole nitrogens is 1. The van der Waals surface area contributed by atoms with Gasteiger partial charge in [0.1, 0.15) is 5.82 Å². The molecule has 1 atom stereocenters. The predicted octanol–water partition coefficient (Wildman–Crippen LogP) is 3.35. The van der Waals surface area contributed by atoms with Crippen molar-refractivity contribution in [2.24, 2.45) is 0 Å². The minimum Gasteiger partial charge on any atom is -0.381 e. The largest absolute Gasteiger partial charge is 0.381 e. The summed E-state index contributed by atoms with van der Waals surface area (Å²) in [7, 11) is 0. The number of carbonyl (C=O) groups is 1. The normalized spacial score (nSPS) is 17.8.